The molecule has 2 nitrogen and oxygen atoms in total. The van der Waals surface area contributed by atoms with Gasteiger partial charge in [-0.3, -0.25) is 4.79 Å². The summed E-state index contributed by atoms with van der Waals surface area (Å²) in [6.45, 7) is 9.19. The molecule has 15 heavy (non-hydrogen) atoms. The van der Waals surface area contributed by atoms with Gasteiger partial charge in [0.15, 0.2) is 0 Å². The van der Waals surface area contributed by atoms with Crippen molar-refractivity contribution in [1.29, 1.82) is 0 Å². The minimum absolute atomic E-state index is 0.0502. The molecule has 0 rings (SSSR count). The summed E-state index contributed by atoms with van der Waals surface area (Å²) in [4.78, 5) is 11.1. The largest absolute Gasteiger partial charge is 0.466 e. The van der Waals surface area contributed by atoms with Crippen LogP contribution >= 0.6 is 0 Å². The molecule has 0 spiro atoms. The summed E-state index contributed by atoms with van der Waals surface area (Å²) in [5, 5.41) is 0. The number of rotatable bonds is 8. The van der Waals surface area contributed by atoms with Crippen LogP contribution in [0.1, 0.15) is 66.2 Å². The van der Waals surface area contributed by atoms with Crippen LogP contribution in [-0.2, 0) is 9.53 Å². The first kappa shape index (κ1) is 14.5. The summed E-state index contributed by atoms with van der Waals surface area (Å²) < 4.78 is 4.88. The third-order valence-corrected chi connectivity index (χ3v) is 2.72. The summed E-state index contributed by atoms with van der Waals surface area (Å²) in [5.41, 5.74) is 0.434. The number of esters is 1. The lowest BCUT2D eigenvalue weighted by molar-refractivity contribution is -0.143. The van der Waals surface area contributed by atoms with Crippen molar-refractivity contribution in [2.75, 3.05) is 6.61 Å². The average Bonchev–Trinajstić information content (AvgIpc) is 2.13. The van der Waals surface area contributed by atoms with Crippen molar-refractivity contribution in [3.05, 3.63) is 0 Å². The third-order valence-electron chi connectivity index (χ3n) is 2.72. The zero-order valence-corrected chi connectivity index (χ0v) is 10.8. The highest BCUT2D eigenvalue weighted by atomic mass is 16.5. The van der Waals surface area contributed by atoms with Gasteiger partial charge in [-0.1, -0.05) is 33.6 Å². The summed E-state index contributed by atoms with van der Waals surface area (Å²) in [6.07, 6.45) is 6.39. The van der Waals surface area contributed by atoms with Crippen LogP contribution in [0.15, 0.2) is 0 Å². The molecule has 0 aromatic carbocycles. The normalized spacial score (nSPS) is 11.5. The maximum atomic E-state index is 11.1. The summed E-state index contributed by atoms with van der Waals surface area (Å²) in [5.74, 6) is -0.0502. The molecule has 0 aliphatic carbocycles. The SMILES string of the molecule is CCCC(C)(C)CCCCC(=O)OCC. The Morgan fingerprint density at radius 3 is 2.33 bits per heavy atom. The predicted molar refractivity (Wildman–Crippen MR) is 63.8 cm³/mol. The fraction of sp³-hybridized carbons (Fsp3) is 0.923. The molecule has 90 valence electrons. The van der Waals surface area contributed by atoms with Gasteiger partial charge in [0, 0.05) is 6.42 Å². The second-order valence-electron chi connectivity index (χ2n) is 4.93. The second kappa shape index (κ2) is 7.72. The first-order valence-electron chi connectivity index (χ1n) is 6.17. The average molecular weight is 214 g/mol. The summed E-state index contributed by atoms with van der Waals surface area (Å²) >= 11 is 0. The van der Waals surface area contributed by atoms with Crippen molar-refractivity contribution in [2.45, 2.75) is 66.2 Å². The van der Waals surface area contributed by atoms with E-state index in [4.69, 9.17) is 4.74 Å². The molecule has 0 N–H and O–H groups in total. The zero-order chi connectivity index (χ0) is 11.7. The van der Waals surface area contributed by atoms with Crippen molar-refractivity contribution in [2.24, 2.45) is 5.41 Å². The van der Waals surface area contributed by atoms with Gasteiger partial charge in [-0.15, -0.1) is 0 Å². The van der Waals surface area contributed by atoms with E-state index in [0.717, 1.165) is 12.8 Å². The van der Waals surface area contributed by atoms with Crippen molar-refractivity contribution < 1.29 is 9.53 Å². The Kier molecular flexibility index (Phi) is 7.45. The van der Waals surface area contributed by atoms with Gasteiger partial charge >= 0.3 is 5.97 Å². The third kappa shape index (κ3) is 8.46. The first-order chi connectivity index (χ1) is 7.02. The lowest BCUT2D eigenvalue weighted by Gasteiger charge is -2.23. The highest BCUT2D eigenvalue weighted by Crippen LogP contribution is 2.28. The van der Waals surface area contributed by atoms with Crippen LogP contribution < -0.4 is 0 Å². The molecular weight excluding hydrogens is 188 g/mol. The lowest BCUT2D eigenvalue weighted by Crippen LogP contribution is -2.11. The van der Waals surface area contributed by atoms with Crippen molar-refractivity contribution in [3.63, 3.8) is 0 Å². The van der Waals surface area contributed by atoms with Crippen LogP contribution in [0.5, 0.6) is 0 Å². The fourth-order valence-electron chi connectivity index (χ4n) is 1.91. The van der Waals surface area contributed by atoms with E-state index in [1.54, 1.807) is 0 Å². The predicted octanol–water partition coefficient (Wildman–Crippen LogP) is 3.94. The molecule has 2 heteroatoms. The highest BCUT2D eigenvalue weighted by Gasteiger charge is 2.15. The molecule has 0 heterocycles. The van der Waals surface area contributed by atoms with Crippen LogP contribution in [0.3, 0.4) is 0 Å². The quantitative estimate of drug-likeness (QED) is 0.452. The van der Waals surface area contributed by atoms with E-state index >= 15 is 0 Å². The molecular formula is C13H26O2. The Bertz CT molecular complexity index is 173. The molecule has 0 unspecified atom stereocenters. The Hall–Kier alpha value is -0.530. The van der Waals surface area contributed by atoms with E-state index < -0.39 is 0 Å². The van der Waals surface area contributed by atoms with Crippen molar-refractivity contribution in [3.8, 4) is 0 Å². The second-order valence-corrected chi connectivity index (χ2v) is 4.93. The Morgan fingerprint density at radius 1 is 1.13 bits per heavy atom. The van der Waals surface area contributed by atoms with E-state index in [1.165, 1.54) is 19.3 Å². The van der Waals surface area contributed by atoms with Crippen molar-refractivity contribution >= 4 is 5.97 Å². The molecule has 0 aliphatic rings. The number of hydrogen-bond acceptors (Lipinski definition) is 2. The topological polar surface area (TPSA) is 26.3 Å². The lowest BCUT2D eigenvalue weighted by atomic mass is 9.83. The molecule has 0 radical (unpaired) electrons. The van der Waals surface area contributed by atoms with Gasteiger partial charge in [0.25, 0.3) is 0 Å². The molecule has 0 aromatic heterocycles. The van der Waals surface area contributed by atoms with Crippen LogP contribution in [-0.4, -0.2) is 12.6 Å². The molecule has 0 aliphatic heterocycles. The van der Waals surface area contributed by atoms with Gasteiger partial charge in [0.1, 0.15) is 0 Å². The van der Waals surface area contributed by atoms with E-state index in [0.29, 0.717) is 18.4 Å². The molecule has 0 atom stereocenters. The zero-order valence-electron chi connectivity index (χ0n) is 10.8. The van der Waals surface area contributed by atoms with Gasteiger partial charge in [0.2, 0.25) is 0 Å². The molecule has 0 saturated heterocycles. The monoisotopic (exact) mass is 214 g/mol. The van der Waals surface area contributed by atoms with Gasteiger partial charge in [-0.25, -0.2) is 0 Å². The Balaban J connectivity index is 3.49. The minimum atomic E-state index is -0.0502. The summed E-state index contributed by atoms with van der Waals surface area (Å²) in [7, 11) is 0. The number of ether oxygens (including phenoxy) is 1. The van der Waals surface area contributed by atoms with E-state index in [1.807, 2.05) is 6.92 Å². The first-order valence-corrected chi connectivity index (χ1v) is 6.17. The number of unbranched alkanes of at least 4 members (excludes halogenated alkanes) is 1. The molecule has 0 saturated carbocycles. The van der Waals surface area contributed by atoms with Gasteiger partial charge in [0.05, 0.1) is 6.61 Å². The standard InChI is InChI=1S/C13H26O2/c1-5-10-13(3,4)11-8-7-9-12(14)15-6-2/h5-11H2,1-4H3. The maximum Gasteiger partial charge on any atom is 0.305 e. The van der Waals surface area contributed by atoms with Gasteiger partial charge in [-0.2, -0.15) is 0 Å². The fourth-order valence-corrected chi connectivity index (χ4v) is 1.91. The Labute approximate surface area is 94.4 Å². The van der Waals surface area contributed by atoms with Crippen LogP contribution in [0, 0.1) is 5.41 Å². The Morgan fingerprint density at radius 2 is 1.80 bits per heavy atom. The van der Waals surface area contributed by atoms with Crippen LogP contribution in [0.2, 0.25) is 0 Å². The molecule has 0 amide bonds. The maximum absolute atomic E-state index is 11.1. The van der Waals surface area contributed by atoms with E-state index in [2.05, 4.69) is 20.8 Å². The number of carbonyl (C=O) groups is 1. The minimum Gasteiger partial charge on any atom is -0.466 e. The molecule has 0 bridgehead atoms. The van der Waals surface area contributed by atoms with E-state index in [-0.39, 0.29) is 5.97 Å². The smallest absolute Gasteiger partial charge is 0.305 e. The number of carbonyl (C=O) groups excluding carboxylic acids is 1. The summed E-state index contributed by atoms with van der Waals surface area (Å²) in [6, 6.07) is 0. The van der Waals surface area contributed by atoms with Gasteiger partial charge < -0.3 is 4.74 Å². The number of hydrogen-bond donors (Lipinski definition) is 0. The highest BCUT2D eigenvalue weighted by molar-refractivity contribution is 5.69. The molecule has 0 aromatic rings. The van der Waals surface area contributed by atoms with Crippen LogP contribution in [0.25, 0.3) is 0 Å². The molecule has 0 fully saturated rings. The van der Waals surface area contributed by atoms with Crippen molar-refractivity contribution in [1.82, 2.24) is 0 Å². The van der Waals surface area contributed by atoms with E-state index in [9.17, 15) is 4.79 Å². The van der Waals surface area contributed by atoms with Gasteiger partial charge in [-0.05, 0) is 31.6 Å². The van der Waals surface area contributed by atoms with Crippen LogP contribution in [0.4, 0.5) is 0 Å².